The van der Waals surface area contributed by atoms with Gasteiger partial charge in [0.2, 0.25) is 5.91 Å². The molecule has 2 N–H and O–H groups in total. The third-order valence-electron chi connectivity index (χ3n) is 5.06. The molecular formula is C19H29N3OS. The van der Waals surface area contributed by atoms with Gasteiger partial charge in [0.1, 0.15) is 0 Å². The number of nitrogens with zero attached hydrogens (tertiary/aromatic N) is 1. The molecule has 2 saturated heterocycles. The van der Waals surface area contributed by atoms with Crippen molar-refractivity contribution in [1.29, 1.82) is 0 Å². The second-order valence-corrected chi connectivity index (χ2v) is 8.33. The second-order valence-electron chi connectivity index (χ2n) is 7.10. The Kier molecular flexibility index (Phi) is 6.19. The van der Waals surface area contributed by atoms with E-state index in [2.05, 4.69) is 47.6 Å². The molecule has 0 bridgehead atoms. The number of hydrogen-bond acceptors (Lipinski definition) is 4. The SMILES string of the molecule is Cc1ccc(CN2CCSCC2)cc1NC(=O)[C@H]1CCN[C@@H](C)C1. The number of anilines is 1. The average Bonchev–Trinajstić information content (AvgIpc) is 2.59. The van der Waals surface area contributed by atoms with Crippen LogP contribution in [0.5, 0.6) is 0 Å². The number of piperidine rings is 1. The van der Waals surface area contributed by atoms with Crippen LogP contribution in [0.15, 0.2) is 18.2 Å². The Morgan fingerprint density at radius 3 is 2.92 bits per heavy atom. The van der Waals surface area contributed by atoms with E-state index in [-0.39, 0.29) is 11.8 Å². The van der Waals surface area contributed by atoms with Crippen LogP contribution >= 0.6 is 11.8 Å². The van der Waals surface area contributed by atoms with Gasteiger partial charge in [0.05, 0.1) is 0 Å². The number of carbonyl (C=O) groups excluding carboxylic acids is 1. The van der Waals surface area contributed by atoms with Crippen molar-refractivity contribution in [3.8, 4) is 0 Å². The number of benzene rings is 1. The Hall–Kier alpha value is -1.04. The maximum atomic E-state index is 12.6. The van der Waals surface area contributed by atoms with Gasteiger partial charge < -0.3 is 10.6 Å². The van der Waals surface area contributed by atoms with E-state index in [1.54, 1.807) is 0 Å². The van der Waals surface area contributed by atoms with Crippen molar-refractivity contribution in [2.75, 3.05) is 36.5 Å². The Morgan fingerprint density at radius 2 is 2.17 bits per heavy atom. The Labute approximate surface area is 149 Å². The summed E-state index contributed by atoms with van der Waals surface area (Å²) < 4.78 is 0. The zero-order valence-corrected chi connectivity index (χ0v) is 15.6. The molecule has 24 heavy (non-hydrogen) atoms. The highest BCUT2D eigenvalue weighted by molar-refractivity contribution is 7.99. The van der Waals surface area contributed by atoms with Crippen LogP contribution in [0.2, 0.25) is 0 Å². The van der Waals surface area contributed by atoms with Gasteiger partial charge in [-0.15, -0.1) is 0 Å². The van der Waals surface area contributed by atoms with Gasteiger partial charge in [-0.25, -0.2) is 0 Å². The monoisotopic (exact) mass is 347 g/mol. The molecule has 1 aromatic rings. The van der Waals surface area contributed by atoms with E-state index in [4.69, 9.17) is 0 Å². The predicted octanol–water partition coefficient (Wildman–Crippen LogP) is 2.87. The van der Waals surface area contributed by atoms with Crippen molar-refractivity contribution in [3.05, 3.63) is 29.3 Å². The summed E-state index contributed by atoms with van der Waals surface area (Å²) >= 11 is 2.04. The van der Waals surface area contributed by atoms with E-state index in [1.807, 2.05) is 11.8 Å². The lowest BCUT2D eigenvalue weighted by Gasteiger charge is -2.28. The van der Waals surface area contributed by atoms with Crippen molar-refractivity contribution in [2.45, 2.75) is 39.3 Å². The number of thioether (sulfide) groups is 1. The topological polar surface area (TPSA) is 44.4 Å². The normalized spacial score (nSPS) is 25.4. The van der Waals surface area contributed by atoms with E-state index in [9.17, 15) is 4.79 Å². The van der Waals surface area contributed by atoms with Gasteiger partial charge in [-0.3, -0.25) is 9.69 Å². The Balaban J connectivity index is 1.63. The standard InChI is InChI=1S/C19H29N3OS/c1-14-3-4-16(13-22-7-9-24-10-8-22)12-18(14)21-19(23)17-5-6-20-15(2)11-17/h3-4,12,15,17,20H,5-11,13H2,1-2H3,(H,21,23)/t15-,17-/m0/s1. The molecule has 0 radical (unpaired) electrons. The molecule has 0 unspecified atom stereocenters. The van der Waals surface area contributed by atoms with Crippen LogP contribution in [0.25, 0.3) is 0 Å². The number of carbonyl (C=O) groups is 1. The quantitative estimate of drug-likeness (QED) is 0.879. The lowest BCUT2D eigenvalue weighted by Crippen LogP contribution is -2.40. The summed E-state index contributed by atoms with van der Waals surface area (Å²) in [5, 5.41) is 6.60. The molecular weight excluding hydrogens is 318 g/mol. The smallest absolute Gasteiger partial charge is 0.227 e. The van der Waals surface area contributed by atoms with Gasteiger partial charge in [-0.1, -0.05) is 12.1 Å². The lowest BCUT2D eigenvalue weighted by atomic mass is 9.92. The zero-order chi connectivity index (χ0) is 16.9. The molecule has 0 spiro atoms. The highest BCUT2D eigenvalue weighted by Crippen LogP contribution is 2.23. The molecule has 2 aliphatic heterocycles. The van der Waals surface area contributed by atoms with Crippen molar-refractivity contribution in [3.63, 3.8) is 0 Å². The fraction of sp³-hybridized carbons (Fsp3) is 0.632. The minimum atomic E-state index is 0.128. The van der Waals surface area contributed by atoms with Gasteiger partial charge in [0.15, 0.2) is 0 Å². The molecule has 2 aliphatic rings. The minimum absolute atomic E-state index is 0.128. The molecule has 4 nitrogen and oxygen atoms in total. The van der Waals surface area contributed by atoms with Gasteiger partial charge in [0.25, 0.3) is 0 Å². The summed E-state index contributed by atoms with van der Waals surface area (Å²) in [6.45, 7) is 8.46. The van der Waals surface area contributed by atoms with Crippen LogP contribution in [0.1, 0.15) is 30.9 Å². The summed E-state index contributed by atoms with van der Waals surface area (Å²) in [6.07, 6.45) is 1.86. The first-order valence-corrected chi connectivity index (χ1v) is 10.2. The molecule has 1 amide bonds. The largest absolute Gasteiger partial charge is 0.326 e. The van der Waals surface area contributed by atoms with E-state index in [1.165, 1.54) is 17.1 Å². The first kappa shape index (κ1) is 17.8. The summed E-state index contributed by atoms with van der Waals surface area (Å²) in [5.41, 5.74) is 3.42. The van der Waals surface area contributed by atoms with Crippen molar-refractivity contribution >= 4 is 23.4 Å². The number of aryl methyl sites for hydroxylation is 1. The molecule has 5 heteroatoms. The second kappa shape index (κ2) is 8.37. The third-order valence-corrected chi connectivity index (χ3v) is 6.01. The van der Waals surface area contributed by atoms with Gasteiger partial charge >= 0.3 is 0 Å². The van der Waals surface area contributed by atoms with Crippen LogP contribution in [0, 0.1) is 12.8 Å². The third kappa shape index (κ3) is 4.74. The van der Waals surface area contributed by atoms with Crippen LogP contribution in [0.4, 0.5) is 5.69 Å². The highest BCUT2D eigenvalue weighted by Gasteiger charge is 2.25. The molecule has 0 saturated carbocycles. The van der Waals surface area contributed by atoms with Crippen LogP contribution < -0.4 is 10.6 Å². The summed E-state index contributed by atoms with van der Waals surface area (Å²) in [4.78, 5) is 15.1. The molecule has 0 aliphatic carbocycles. The highest BCUT2D eigenvalue weighted by atomic mass is 32.2. The zero-order valence-electron chi connectivity index (χ0n) is 14.8. The molecule has 2 fully saturated rings. The molecule has 1 aromatic carbocycles. The number of nitrogens with one attached hydrogen (secondary N) is 2. The van der Waals surface area contributed by atoms with Gasteiger partial charge in [-0.05, 0) is 50.4 Å². The van der Waals surface area contributed by atoms with Crippen molar-refractivity contribution in [1.82, 2.24) is 10.2 Å². The molecule has 2 atom stereocenters. The molecule has 0 aromatic heterocycles. The van der Waals surface area contributed by atoms with Crippen LogP contribution in [0.3, 0.4) is 0 Å². The summed E-state index contributed by atoms with van der Waals surface area (Å²) in [7, 11) is 0. The lowest BCUT2D eigenvalue weighted by molar-refractivity contribution is -0.120. The van der Waals surface area contributed by atoms with Crippen LogP contribution in [-0.2, 0) is 11.3 Å². The van der Waals surface area contributed by atoms with Crippen molar-refractivity contribution < 1.29 is 4.79 Å². The predicted molar refractivity (Wildman–Crippen MR) is 103 cm³/mol. The van der Waals surface area contributed by atoms with Gasteiger partial charge in [0, 0.05) is 48.8 Å². The molecule has 3 rings (SSSR count). The fourth-order valence-electron chi connectivity index (χ4n) is 3.52. The van der Waals surface area contributed by atoms with E-state index in [0.717, 1.165) is 50.3 Å². The van der Waals surface area contributed by atoms with E-state index < -0.39 is 0 Å². The number of rotatable bonds is 4. The van der Waals surface area contributed by atoms with Crippen molar-refractivity contribution in [2.24, 2.45) is 5.92 Å². The Morgan fingerprint density at radius 1 is 1.38 bits per heavy atom. The number of hydrogen-bond donors (Lipinski definition) is 2. The molecule has 2 heterocycles. The number of amides is 1. The minimum Gasteiger partial charge on any atom is -0.326 e. The molecule has 132 valence electrons. The fourth-order valence-corrected chi connectivity index (χ4v) is 4.50. The maximum absolute atomic E-state index is 12.6. The summed E-state index contributed by atoms with van der Waals surface area (Å²) in [6, 6.07) is 6.92. The average molecular weight is 348 g/mol. The van der Waals surface area contributed by atoms with E-state index >= 15 is 0 Å². The first-order valence-electron chi connectivity index (χ1n) is 9.05. The maximum Gasteiger partial charge on any atom is 0.227 e. The first-order chi connectivity index (χ1) is 11.6. The Bertz CT molecular complexity index is 572. The van der Waals surface area contributed by atoms with Gasteiger partial charge in [-0.2, -0.15) is 11.8 Å². The summed E-state index contributed by atoms with van der Waals surface area (Å²) in [5.74, 6) is 2.76. The van der Waals surface area contributed by atoms with Crippen LogP contribution in [-0.4, -0.2) is 48.0 Å². The van der Waals surface area contributed by atoms with E-state index in [0.29, 0.717) is 6.04 Å².